The van der Waals surface area contributed by atoms with Crippen LogP contribution in [0.15, 0.2) is 23.2 Å². The van der Waals surface area contributed by atoms with E-state index in [1.54, 1.807) is 6.20 Å². The van der Waals surface area contributed by atoms with Crippen LogP contribution in [-0.2, 0) is 0 Å². The fourth-order valence-electron chi connectivity index (χ4n) is 1.33. The molecule has 0 atom stereocenters. The Morgan fingerprint density at radius 3 is 2.92 bits per heavy atom. The first-order chi connectivity index (χ1) is 6.20. The Hall–Kier alpha value is -0.900. The Kier molecular flexibility index (Phi) is 2.07. The van der Waals surface area contributed by atoms with E-state index >= 15 is 0 Å². The molecule has 0 bridgehead atoms. The number of fused-ring (bicyclic) bond motifs is 1. The molecule has 0 saturated heterocycles. The van der Waals surface area contributed by atoms with Gasteiger partial charge in [0.2, 0.25) is 0 Å². The third-order valence-electron chi connectivity index (χ3n) is 1.95. The molecule has 0 saturated carbocycles. The van der Waals surface area contributed by atoms with Crippen molar-refractivity contribution in [2.75, 3.05) is 0 Å². The highest BCUT2D eigenvalue weighted by molar-refractivity contribution is 9.10. The highest BCUT2D eigenvalue weighted by Gasteiger charge is 2.10. The summed E-state index contributed by atoms with van der Waals surface area (Å²) < 4.78 is 2.92. The van der Waals surface area contributed by atoms with Gasteiger partial charge < -0.3 is 0 Å². The van der Waals surface area contributed by atoms with Gasteiger partial charge in [-0.05, 0) is 15.9 Å². The van der Waals surface area contributed by atoms with Crippen molar-refractivity contribution in [2.45, 2.75) is 19.8 Å². The SMILES string of the molecule is CC(C)c1nc(Br)c2cnccn12. The van der Waals surface area contributed by atoms with Crippen molar-refractivity contribution in [3.63, 3.8) is 0 Å². The summed E-state index contributed by atoms with van der Waals surface area (Å²) in [5.74, 6) is 1.48. The quantitative estimate of drug-likeness (QED) is 0.766. The number of aromatic nitrogens is 3. The van der Waals surface area contributed by atoms with Crippen molar-refractivity contribution < 1.29 is 0 Å². The summed E-state index contributed by atoms with van der Waals surface area (Å²) in [6.07, 6.45) is 5.51. The number of imidazole rings is 1. The number of hydrogen-bond donors (Lipinski definition) is 0. The maximum atomic E-state index is 4.43. The summed E-state index contributed by atoms with van der Waals surface area (Å²) in [5.41, 5.74) is 1.02. The molecule has 2 heterocycles. The predicted molar refractivity (Wildman–Crippen MR) is 54.8 cm³/mol. The molecular formula is C9H10BrN3. The molecule has 0 amide bonds. The maximum Gasteiger partial charge on any atom is 0.133 e. The van der Waals surface area contributed by atoms with E-state index in [4.69, 9.17) is 0 Å². The second-order valence-corrected chi connectivity index (χ2v) is 4.00. The van der Waals surface area contributed by atoms with Crippen LogP contribution in [0.3, 0.4) is 0 Å². The molecule has 0 unspecified atom stereocenters. The summed E-state index contributed by atoms with van der Waals surface area (Å²) in [4.78, 5) is 8.48. The molecule has 2 rings (SSSR count). The second-order valence-electron chi connectivity index (χ2n) is 3.25. The summed E-state index contributed by atoms with van der Waals surface area (Å²) in [7, 11) is 0. The Morgan fingerprint density at radius 1 is 1.46 bits per heavy atom. The summed E-state index contributed by atoms with van der Waals surface area (Å²) in [5, 5.41) is 0. The minimum absolute atomic E-state index is 0.418. The van der Waals surface area contributed by atoms with Gasteiger partial charge in [-0.3, -0.25) is 9.38 Å². The van der Waals surface area contributed by atoms with Gasteiger partial charge in [0.15, 0.2) is 0 Å². The van der Waals surface area contributed by atoms with Crippen LogP contribution in [0.4, 0.5) is 0 Å². The molecule has 68 valence electrons. The average molecular weight is 240 g/mol. The molecule has 0 aliphatic carbocycles. The van der Waals surface area contributed by atoms with Crippen molar-refractivity contribution >= 4 is 21.4 Å². The molecule has 0 spiro atoms. The third-order valence-corrected chi connectivity index (χ3v) is 2.53. The predicted octanol–water partition coefficient (Wildman–Crippen LogP) is 2.62. The Bertz CT molecular complexity index is 433. The van der Waals surface area contributed by atoms with Crippen LogP contribution < -0.4 is 0 Å². The van der Waals surface area contributed by atoms with Gasteiger partial charge in [0.25, 0.3) is 0 Å². The largest absolute Gasteiger partial charge is 0.299 e. The Labute approximate surface area is 85.0 Å². The van der Waals surface area contributed by atoms with Crippen molar-refractivity contribution in [3.05, 3.63) is 29.0 Å². The van der Waals surface area contributed by atoms with Crippen LogP contribution in [0.1, 0.15) is 25.6 Å². The van der Waals surface area contributed by atoms with Crippen LogP contribution in [-0.4, -0.2) is 14.4 Å². The van der Waals surface area contributed by atoms with Crippen LogP contribution in [0, 0.1) is 0 Å². The van der Waals surface area contributed by atoms with Gasteiger partial charge in [-0.1, -0.05) is 13.8 Å². The molecule has 2 aromatic heterocycles. The summed E-state index contributed by atoms with van der Waals surface area (Å²) >= 11 is 3.41. The van der Waals surface area contributed by atoms with E-state index in [0.717, 1.165) is 15.9 Å². The van der Waals surface area contributed by atoms with E-state index in [2.05, 4.69) is 44.1 Å². The van der Waals surface area contributed by atoms with E-state index < -0.39 is 0 Å². The molecule has 0 radical (unpaired) electrons. The number of hydrogen-bond acceptors (Lipinski definition) is 2. The molecule has 0 aliphatic heterocycles. The lowest BCUT2D eigenvalue weighted by Crippen LogP contribution is -1.96. The zero-order valence-electron chi connectivity index (χ0n) is 7.53. The minimum Gasteiger partial charge on any atom is -0.299 e. The van der Waals surface area contributed by atoms with Crippen molar-refractivity contribution in [3.8, 4) is 0 Å². The maximum absolute atomic E-state index is 4.43. The Morgan fingerprint density at radius 2 is 2.23 bits per heavy atom. The van der Waals surface area contributed by atoms with Crippen LogP contribution in [0.2, 0.25) is 0 Å². The summed E-state index contributed by atoms with van der Waals surface area (Å²) in [6, 6.07) is 0. The van der Waals surface area contributed by atoms with Crippen molar-refractivity contribution in [2.24, 2.45) is 0 Å². The minimum atomic E-state index is 0.418. The monoisotopic (exact) mass is 239 g/mol. The number of nitrogens with zero attached hydrogens (tertiary/aromatic N) is 3. The van der Waals surface area contributed by atoms with Gasteiger partial charge in [0, 0.05) is 18.3 Å². The molecule has 0 aromatic carbocycles. The highest BCUT2D eigenvalue weighted by Crippen LogP contribution is 2.22. The molecule has 13 heavy (non-hydrogen) atoms. The zero-order chi connectivity index (χ0) is 9.42. The zero-order valence-corrected chi connectivity index (χ0v) is 9.12. The molecular weight excluding hydrogens is 230 g/mol. The second kappa shape index (κ2) is 3.10. The molecule has 4 heteroatoms. The van der Waals surface area contributed by atoms with E-state index in [9.17, 15) is 0 Å². The van der Waals surface area contributed by atoms with Crippen LogP contribution in [0.25, 0.3) is 5.52 Å². The standard InChI is InChI=1S/C9H10BrN3/c1-6(2)9-12-8(10)7-5-11-3-4-13(7)9/h3-6H,1-2H3. The van der Waals surface area contributed by atoms with Gasteiger partial charge in [0.05, 0.1) is 11.7 Å². The topological polar surface area (TPSA) is 30.2 Å². The first-order valence-electron chi connectivity index (χ1n) is 4.17. The fraction of sp³-hybridized carbons (Fsp3) is 0.333. The van der Waals surface area contributed by atoms with Crippen molar-refractivity contribution in [1.82, 2.24) is 14.4 Å². The van der Waals surface area contributed by atoms with E-state index in [-0.39, 0.29) is 0 Å². The average Bonchev–Trinajstić information content (AvgIpc) is 2.45. The van der Waals surface area contributed by atoms with Gasteiger partial charge in [-0.2, -0.15) is 0 Å². The smallest absolute Gasteiger partial charge is 0.133 e. The molecule has 0 fully saturated rings. The fourth-order valence-corrected chi connectivity index (χ4v) is 1.81. The van der Waals surface area contributed by atoms with Crippen molar-refractivity contribution in [1.29, 1.82) is 0 Å². The number of rotatable bonds is 1. The van der Waals surface area contributed by atoms with Gasteiger partial charge in [-0.25, -0.2) is 4.98 Å². The molecule has 0 aliphatic rings. The lowest BCUT2D eigenvalue weighted by Gasteiger charge is -2.02. The first kappa shape index (κ1) is 8.69. The third kappa shape index (κ3) is 1.35. The lowest BCUT2D eigenvalue weighted by atomic mass is 10.2. The van der Waals surface area contributed by atoms with Crippen LogP contribution in [0.5, 0.6) is 0 Å². The molecule has 2 aromatic rings. The van der Waals surface area contributed by atoms with Gasteiger partial charge in [-0.15, -0.1) is 0 Å². The van der Waals surface area contributed by atoms with Gasteiger partial charge in [0.1, 0.15) is 10.4 Å². The highest BCUT2D eigenvalue weighted by atomic mass is 79.9. The van der Waals surface area contributed by atoms with E-state index in [0.29, 0.717) is 5.92 Å². The number of halogens is 1. The van der Waals surface area contributed by atoms with Gasteiger partial charge >= 0.3 is 0 Å². The normalized spacial score (nSPS) is 11.4. The Balaban J connectivity index is 2.78. The van der Waals surface area contributed by atoms with E-state index in [1.807, 2.05) is 12.4 Å². The molecule has 3 nitrogen and oxygen atoms in total. The summed E-state index contributed by atoms with van der Waals surface area (Å²) in [6.45, 7) is 4.25. The van der Waals surface area contributed by atoms with E-state index in [1.165, 1.54) is 0 Å². The lowest BCUT2D eigenvalue weighted by molar-refractivity contribution is 0.767. The first-order valence-corrected chi connectivity index (χ1v) is 4.97. The molecule has 0 N–H and O–H groups in total. The van der Waals surface area contributed by atoms with Crippen LogP contribution >= 0.6 is 15.9 Å².